The first-order valence-corrected chi connectivity index (χ1v) is 12.9. The van der Waals surface area contributed by atoms with Gasteiger partial charge in [-0.15, -0.1) is 11.6 Å². The molecule has 3 rings (SSSR count). The monoisotopic (exact) mass is 452 g/mol. The lowest BCUT2D eigenvalue weighted by atomic mass is 9.78. The molecule has 1 amide bonds. The van der Waals surface area contributed by atoms with Crippen molar-refractivity contribution in [2.45, 2.75) is 106 Å². The second-order valence-corrected chi connectivity index (χ2v) is 11.6. The summed E-state index contributed by atoms with van der Waals surface area (Å²) in [7, 11) is -3.59. The number of sulfonamides is 1. The van der Waals surface area contributed by atoms with E-state index in [2.05, 4.69) is 5.32 Å². The van der Waals surface area contributed by atoms with Crippen molar-refractivity contribution in [3.63, 3.8) is 0 Å². The number of rotatable bonds is 5. The highest BCUT2D eigenvalue weighted by Gasteiger charge is 2.41. The minimum absolute atomic E-state index is 0.0268. The predicted octanol–water partition coefficient (Wildman–Crippen LogP) is 3.02. The minimum atomic E-state index is -3.59. The lowest BCUT2D eigenvalue weighted by Gasteiger charge is -2.40. The van der Waals surface area contributed by atoms with Crippen LogP contribution < -0.4 is 10.5 Å². The van der Waals surface area contributed by atoms with Gasteiger partial charge >= 0.3 is 0 Å². The van der Waals surface area contributed by atoms with Gasteiger partial charge in [0, 0.05) is 11.4 Å². The Morgan fingerprint density at radius 1 is 1.10 bits per heavy atom. The largest absolute Gasteiger partial charge is 0.374 e. The molecular formula is C20H34ClFN2O4S. The smallest absolute Gasteiger partial charge is 0.225 e. The number of hydrogen-bond acceptors (Lipinski definition) is 4. The molecular weight excluding hydrogens is 419 g/mol. The van der Waals surface area contributed by atoms with E-state index >= 15 is 0 Å². The van der Waals surface area contributed by atoms with Crippen LogP contribution in [0.25, 0.3) is 0 Å². The van der Waals surface area contributed by atoms with Gasteiger partial charge < -0.3 is 10.1 Å². The van der Waals surface area contributed by atoms with Crippen molar-refractivity contribution in [2.24, 2.45) is 17.0 Å². The van der Waals surface area contributed by atoms with E-state index in [0.717, 1.165) is 12.8 Å². The van der Waals surface area contributed by atoms with Crippen LogP contribution in [0.5, 0.6) is 0 Å². The standard InChI is InChI=1S/C20H34ClFN2O4S/c1-12-9-17(19(11-18(12)21)28-15-7-5-13(22)6-8-15)20(25)24-14-3-2-4-16(10-14)29(23,26)27/h12-19H,2-11H2,1H3,(H,24,25)(H2,23,26,27). The fourth-order valence-corrected chi connectivity index (χ4v) is 6.31. The average molecular weight is 453 g/mol. The van der Waals surface area contributed by atoms with Crippen LogP contribution in [0.15, 0.2) is 0 Å². The van der Waals surface area contributed by atoms with Crippen molar-refractivity contribution in [2.75, 3.05) is 0 Å². The third-order valence-corrected chi connectivity index (χ3v) is 8.86. The van der Waals surface area contributed by atoms with Crippen LogP contribution in [-0.2, 0) is 19.6 Å². The molecule has 9 heteroatoms. The molecule has 0 heterocycles. The lowest BCUT2D eigenvalue weighted by molar-refractivity contribution is -0.140. The summed E-state index contributed by atoms with van der Waals surface area (Å²) in [5.41, 5.74) is 0. The summed E-state index contributed by atoms with van der Waals surface area (Å²) < 4.78 is 43.1. The fourth-order valence-electron chi connectivity index (χ4n) is 5.03. The molecule has 0 aliphatic heterocycles. The second-order valence-electron chi connectivity index (χ2n) is 9.20. The van der Waals surface area contributed by atoms with Crippen molar-refractivity contribution in [1.82, 2.24) is 5.32 Å². The lowest BCUT2D eigenvalue weighted by Crippen LogP contribution is -2.50. The molecule has 3 fully saturated rings. The van der Waals surface area contributed by atoms with Crippen molar-refractivity contribution in [3.05, 3.63) is 0 Å². The Morgan fingerprint density at radius 3 is 2.45 bits per heavy atom. The first-order valence-electron chi connectivity index (χ1n) is 10.9. The average Bonchev–Trinajstić information content (AvgIpc) is 2.66. The topological polar surface area (TPSA) is 98.5 Å². The first-order chi connectivity index (χ1) is 13.6. The SMILES string of the molecule is CC1CC(C(=O)NC2CCCC(S(N)(=O)=O)C2)C(OC2CCC(F)CC2)CC1Cl. The molecule has 168 valence electrons. The van der Waals surface area contributed by atoms with E-state index in [1.807, 2.05) is 6.92 Å². The summed E-state index contributed by atoms with van der Waals surface area (Å²) in [5.74, 6) is -0.222. The Bertz CT molecular complexity index is 671. The first kappa shape index (κ1) is 23.2. The highest BCUT2D eigenvalue weighted by Crippen LogP contribution is 2.37. The van der Waals surface area contributed by atoms with Gasteiger partial charge in [-0.3, -0.25) is 4.79 Å². The van der Waals surface area contributed by atoms with Gasteiger partial charge in [0.2, 0.25) is 15.9 Å². The van der Waals surface area contributed by atoms with Crippen molar-refractivity contribution in [3.8, 4) is 0 Å². The maximum Gasteiger partial charge on any atom is 0.225 e. The van der Waals surface area contributed by atoms with Gasteiger partial charge in [0.05, 0.1) is 23.4 Å². The van der Waals surface area contributed by atoms with Crippen LogP contribution >= 0.6 is 11.6 Å². The Balaban J connectivity index is 1.62. The molecule has 0 aromatic heterocycles. The van der Waals surface area contributed by atoms with Gasteiger partial charge in [0.1, 0.15) is 6.17 Å². The minimum Gasteiger partial charge on any atom is -0.374 e. The van der Waals surface area contributed by atoms with Crippen LogP contribution in [0, 0.1) is 11.8 Å². The number of carbonyl (C=O) groups excluding carboxylic acids is 1. The summed E-state index contributed by atoms with van der Waals surface area (Å²) in [6.07, 6.45) is 4.91. The highest BCUT2D eigenvalue weighted by atomic mass is 35.5. The Morgan fingerprint density at radius 2 is 1.79 bits per heavy atom. The number of carbonyl (C=O) groups is 1. The number of nitrogens with two attached hydrogens (primary N) is 1. The molecule has 0 saturated heterocycles. The van der Waals surface area contributed by atoms with Crippen LogP contribution in [0.2, 0.25) is 0 Å². The molecule has 29 heavy (non-hydrogen) atoms. The summed E-state index contributed by atoms with van der Waals surface area (Å²) in [6.45, 7) is 2.04. The maximum absolute atomic E-state index is 13.4. The molecule has 0 aromatic rings. The van der Waals surface area contributed by atoms with E-state index in [0.29, 0.717) is 51.4 Å². The zero-order valence-electron chi connectivity index (χ0n) is 17.1. The molecule has 6 atom stereocenters. The van der Waals surface area contributed by atoms with E-state index in [4.69, 9.17) is 21.5 Å². The van der Waals surface area contributed by atoms with Crippen LogP contribution in [-0.4, -0.2) is 49.4 Å². The van der Waals surface area contributed by atoms with Crippen molar-refractivity contribution in [1.29, 1.82) is 0 Å². The number of halogens is 2. The summed E-state index contributed by atoms with van der Waals surface area (Å²) >= 11 is 6.48. The highest BCUT2D eigenvalue weighted by molar-refractivity contribution is 7.89. The summed E-state index contributed by atoms with van der Waals surface area (Å²) in [4.78, 5) is 13.1. The normalized spacial score (nSPS) is 41.7. The Labute approximate surface area is 178 Å². The summed E-state index contributed by atoms with van der Waals surface area (Å²) in [5, 5.41) is 7.72. The van der Waals surface area contributed by atoms with E-state index in [-0.39, 0.29) is 41.4 Å². The van der Waals surface area contributed by atoms with E-state index < -0.39 is 21.4 Å². The molecule has 3 aliphatic rings. The molecule has 3 saturated carbocycles. The Kier molecular flexibility index (Phi) is 7.84. The zero-order chi connectivity index (χ0) is 21.2. The van der Waals surface area contributed by atoms with Gasteiger partial charge in [0.15, 0.2) is 0 Å². The Hall–Kier alpha value is -0.440. The predicted molar refractivity (Wildman–Crippen MR) is 111 cm³/mol. The molecule has 0 bridgehead atoms. The molecule has 0 spiro atoms. The number of ether oxygens (including phenoxy) is 1. The van der Waals surface area contributed by atoms with Gasteiger partial charge in [0.25, 0.3) is 0 Å². The molecule has 0 radical (unpaired) electrons. The van der Waals surface area contributed by atoms with Crippen molar-refractivity contribution >= 4 is 27.5 Å². The molecule has 3 aliphatic carbocycles. The van der Waals surface area contributed by atoms with E-state index in [9.17, 15) is 17.6 Å². The van der Waals surface area contributed by atoms with Gasteiger partial charge in [-0.25, -0.2) is 17.9 Å². The zero-order valence-corrected chi connectivity index (χ0v) is 18.6. The maximum atomic E-state index is 13.4. The van der Waals surface area contributed by atoms with Gasteiger partial charge in [-0.05, 0) is 63.7 Å². The second kappa shape index (κ2) is 9.79. The van der Waals surface area contributed by atoms with Crippen molar-refractivity contribution < 1.29 is 22.3 Å². The third-order valence-electron chi connectivity index (χ3n) is 6.89. The van der Waals surface area contributed by atoms with Crippen LogP contribution in [0.1, 0.15) is 71.1 Å². The third kappa shape index (κ3) is 6.28. The number of nitrogens with one attached hydrogen (secondary N) is 1. The van der Waals surface area contributed by atoms with E-state index in [1.54, 1.807) is 0 Å². The molecule has 6 nitrogen and oxygen atoms in total. The van der Waals surface area contributed by atoms with Crippen LogP contribution in [0.3, 0.4) is 0 Å². The summed E-state index contributed by atoms with van der Waals surface area (Å²) in [6, 6.07) is -0.189. The number of hydrogen-bond donors (Lipinski definition) is 2. The van der Waals surface area contributed by atoms with Gasteiger partial charge in [-0.1, -0.05) is 13.3 Å². The number of amides is 1. The quantitative estimate of drug-likeness (QED) is 0.626. The van der Waals surface area contributed by atoms with Crippen LogP contribution in [0.4, 0.5) is 4.39 Å². The van der Waals surface area contributed by atoms with Gasteiger partial charge in [-0.2, -0.15) is 0 Å². The molecule has 6 unspecified atom stereocenters. The number of alkyl halides is 2. The molecule has 0 aromatic carbocycles. The van der Waals surface area contributed by atoms with E-state index in [1.165, 1.54) is 0 Å². The number of primary sulfonamides is 1. The fraction of sp³-hybridized carbons (Fsp3) is 0.950. The molecule has 3 N–H and O–H groups in total.